The van der Waals surface area contributed by atoms with Crippen molar-refractivity contribution in [1.29, 1.82) is 0 Å². The molecule has 0 radical (unpaired) electrons. The van der Waals surface area contributed by atoms with Crippen molar-refractivity contribution in [3.05, 3.63) is 65.7 Å². The molecule has 2 atom stereocenters. The Labute approximate surface area is 238 Å². The van der Waals surface area contributed by atoms with Crippen molar-refractivity contribution in [3.63, 3.8) is 0 Å². The van der Waals surface area contributed by atoms with Gasteiger partial charge in [-0.3, -0.25) is 4.79 Å². The van der Waals surface area contributed by atoms with E-state index in [2.05, 4.69) is 20.3 Å². The molecule has 0 spiro atoms. The third kappa shape index (κ3) is 4.79. The molecule has 0 amide bonds. The molecule has 13 heteroatoms. The number of hydrogen-bond donors (Lipinski definition) is 3. The van der Waals surface area contributed by atoms with Crippen LogP contribution in [0.15, 0.2) is 58.6 Å². The zero-order valence-electron chi connectivity index (χ0n) is 22.2. The summed E-state index contributed by atoms with van der Waals surface area (Å²) in [5, 5.41) is 12.7. The summed E-state index contributed by atoms with van der Waals surface area (Å²) in [6, 6.07) is 6.68. The number of halogens is 4. The molecule has 3 heterocycles. The maximum Gasteiger partial charge on any atom is 0.416 e. The Bertz CT molecular complexity index is 1800. The number of nitrogens with one attached hydrogen (secondary N) is 2. The fourth-order valence-corrected chi connectivity index (χ4v) is 7.95. The summed E-state index contributed by atoms with van der Waals surface area (Å²) in [6.07, 6.45) is 0.163. The molecule has 0 aliphatic heterocycles. The van der Waals surface area contributed by atoms with Crippen molar-refractivity contribution in [2.24, 2.45) is 17.8 Å². The molecule has 3 fully saturated rings. The van der Waals surface area contributed by atoms with Crippen LogP contribution in [0.25, 0.3) is 22.3 Å². The zero-order valence-corrected chi connectivity index (χ0v) is 23.1. The van der Waals surface area contributed by atoms with Gasteiger partial charge in [0, 0.05) is 17.8 Å². The summed E-state index contributed by atoms with van der Waals surface area (Å²) in [7, 11) is -4.47. The number of aliphatic carboxylic acids is 1. The van der Waals surface area contributed by atoms with E-state index < -0.39 is 50.2 Å². The lowest BCUT2D eigenvalue weighted by atomic mass is 9.61. The third-order valence-electron chi connectivity index (χ3n) is 8.46. The lowest BCUT2D eigenvalue weighted by Gasteiger charge is -2.47. The van der Waals surface area contributed by atoms with Gasteiger partial charge in [0.05, 0.1) is 33.7 Å². The van der Waals surface area contributed by atoms with E-state index in [-0.39, 0.29) is 44.8 Å². The second-order valence-corrected chi connectivity index (χ2v) is 12.9. The van der Waals surface area contributed by atoms with Crippen molar-refractivity contribution in [2.45, 2.75) is 54.6 Å². The first-order valence-electron chi connectivity index (χ1n) is 13.4. The van der Waals surface area contributed by atoms with Crippen LogP contribution in [0, 0.1) is 30.5 Å². The average Bonchev–Trinajstić information content (AvgIpc) is 3.37. The van der Waals surface area contributed by atoms with Crippen LogP contribution in [0.2, 0.25) is 0 Å². The highest BCUT2D eigenvalue weighted by Crippen LogP contribution is 2.47. The average molecular weight is 603 g/mol. The maximum atomic E-state index is 15.3. The molecule has 220 valence electrons. The molecule has 1 aromatic carbocycles. The number of aromatic amines is 1. The molecule has 0 saturated heterocycles. The lowest BCUT2D eigenvalue weighted by molar-refractivity contribution is -0.148. The Hall–Kier alpha value is -4.00. The first kappa shape index (κ1) is 28.1. The fraction of sp³-hybridized carbons (Fsp3) is 0.345. The number of fused-ring (bicyclic) bond motifs is 4. The van der Waals surface area contributed by atoms with Crippen LogP contribution in [0.1, 0.15) is 36.8 Å². The number of alkyl halides is 3. The smallest absolute Gasteiger partial charge is 0.416 e. The van der Waals surface area contributed by atoms with Crippen LogP contribution in [0.4, 0.5) is 23.4 Å². The SMILES string of the molecule is Cc1ccc(S(=O)(=O)c2c(F)cnc3[nH]cc(-c4cc(C(F)(F)F)cc(NC5C6CCC(CC6)C5C(=O)O)n4)c23)cc1. The molecule has 3 aromatic heterocycles. The number of rotatable bonds is 6. The number of benzene rings is 1. The standard InChI is InChI=1S/C29H26F4N4O4S/c1-14-2-8-18(9-3-14)42(40,41)26-20(30)13-35-27-24(26)19(12-34-27)21-10-17(29(31,32)33)11-22(36-21)37-25-16-6-4-15(5-7-16)23(25)28(38)39/h2-3,8-13,15-16,23,25H,4-7H2,1H3,(H,34,35)(H,36,37)(H,38,39). The molecule has 42 heavy (non-hydrogen) atoms. The van der Waals surface area contributed by atoms with Crippen molar-refractivity contribution in [3.8, 4) is 11.3 Å². The number of carboxylic acids is 1. The second kappa shape index (κ2) is 10.1. The molecule has 3 aliphatic rings. The van der Waals surface area contributed by atoms with Crippen LogP contribution in [-0.4, -0.2) is 40.5 Å². The highest BCUT2D eigenvalue weighted by atomic mass is 32.2. The van der Waals surface area contributed by atoms with Gasteiger partial charge in [0.25, 0.3) is 0 Å². The molecule has 3 aliphatic carbocycles. The van der Waals surface area contributed by atoms with Gasteiger partial charge in [-0.1, -0.05) is 17.7 Å². The van der Waals surface area contributed by atoms with Crippen molar-refractivity contribution >= 4 is 32.7 Å². The van der Waals surface area contributed by atoms with E-state index in [1.807, 2.05) is 0 Å². The minimum absolute atomic E-state index is 0.0477. The quantitative estimate of drug-likeness (QED) is 0.224. The Morgan fingerprint density at radius 3 is 2.38 bits per heavy atom. The number of H-pyrrole nitrogens is 1. The van der Waals surface area contributed by atoms with E-state index in [0.29, 0.717) is 0 Å². The Balaban J connectivity index is 1.51. The number of aromatic nitrogens is 3. The molecule has 2 unspecified atom stereocenters. The third-order valence-corrected chi connectivity index (χ3v) is 10.3. The fourth-order valence-electron chi connectivity index (χ4n) is 6.43. The number of aryl methyl sites for hydroxylation is 1. The van der Waals surface area contributed by atoms with Gasteiger partial charge in [0.1, 0.15) is 16.4 Å². The van der Waals surface area contributed by atoms with Gasteiger partial charge in [-0.2, -0.15) is 13.2 Å². The number of hydrogen-bond acceptors (Lipinski definition) is 6. The number of carboxylic acid groups (broad SMARTS) is 1. The van der Waals surface area contributed by atoms with E-state index >= 15 is 4.39 Å². The van der Waals surface area contributed by atoms with Crippen molar-refractivity contribution in [1.82, 2.24) is 15.0 Å². The van der Waals surface area contributed by atoms with Gasteiger partial charge in [-0.05, 0) is 68.7 Å². The molecule has 3 N–H and O–H groups in total. The molecular weight excluding hydrogens is 576 g/mol. The van der Waals surface area contributed by atoms with Gasteiger partial charge in [-0.15, -0.1) is 0 Å². The minimum atomic E-state index is -4.81. The largest absolute Gasteiger partial charge is 0.481 e. The lowest BCUT2D eigenvalue weighted by Crippen LogP contribution is -2.51. The number of carbonyl (C=O) groups is 1. The highest BCUT2D eigenvalue weighted by Gasteiger charge is 2.47. The number of pyridine rings is 2. The second-order valence-electron chi connectivity index (χ2n) is 11.0. The molecule has 8 nitrogen and oxygen atoms in total. The molecule has 2 bridgehead atoms. The van der Waals surface area contributed by atoms with Crippen LogP contribution in [0.5, 0.6) is 0 Å². The first-order chi connectivity index (χ1) is 19.8. The summed E-state index contributed by atoms with van der Waals surface area (Å²) in [5.41, 5.74) is -0.733. The van der Waals surface area contributed by atoms with Gasteiger partial charge >= 0.3 is 12.1 Å². The van der Waals surface area contributed by atoms with Gasteiger partial charge < -0.3 is 15.4 Å². The summed E-state index contributed by atoms with van der Waals surface area (Å²) < 4.78 is 84.9. The van der Waals surface area contributed by atoms with Gasteiger partial charge in [-0.25, -0.2) is 22.8 Å². The minimum Gasteiger partial charge on any atom is -0.481 e. The Morgan fingerprint density at radius 1 is 1.07 bits per heavy atom. The maximum absolute atomic E-state index is 15.3. The molecule has 3 saturated carbocycles. The van der Waals surface area contributed by atoms with E-state index in [9.17, 15) is 31.5 Å². The van der Waals surface area contributed by atoms with E-state index in [4.69, 9.17) is 0 Å². The number of nitrogens with zero attached hydrogens (tertiary/aromatic N) is 2. The summed E-state index contributed by atoms with van der Waals surface area (Å²) >= 11 is 0. The Kier molecular flexibility index (Phi) is 6.75. The van der Waals surface area contributed by atoms with Crippen LogP contribution < -0.4 is 5.32 Å². The number of anilines is 1. The highest BCUT2D eigenvalue weighted by molar-refractivity contribution is 7.91. The topological polar surface area (TPSA) is 125 Å². The van der Waals surface area contributed by atoms with Crippen molar-refractivity contribution < 1.29 is 35.9 Å². The number of sulfone groups is 1. The monoisotopic (exact) mass is 602 g/mol. The van der Waals surface area contributed by atoms with E-state index in [0.717, 1.165) is 49.6 Å². The molecule has 4 aromatic rings. The van der Waals surface area contributed by atoms with Crippen LogP contribution in [0.3, 0.4) is 0 Å². The molecular formula is C29H26F4N4O4S. The zero-order chi connectivity index (χ0) is 30.0. The first-order valence-corrected chi connectivity index (χ1v) is 14.9. The summed E-state index contributed by atoms with van der Waals surface area (Å²) in [6.45, 7) is 1.76. The van der Waals surface area contributed by atoms with E-state index in [1.54, 1.807) is 19.1 Å². The summed E-state index contributed by atoms with van der Waals surface area (Å²) in [4.78, 5) is 22.2. The summed E-state index contributed by atoms with van der Waals surface area (Å²) in [5.74, 6) is -3.31. The van der Waals surface area contributed by atoms with Crippen molar-refractivity contribution in [2.75, 3.05) is 5.32 Å². The van der Waals surface area contributed by atoms with Gasteiger partial charge in [0.2, 0.25) is 9.84 Å². The van der Waals surface area contributed by atoms with E-state index in [1.165, 1.54) is 18.3 Å². The predicted octanol–water partition coefficient (Wildman–Crippen LogP) is 6.23. The van der Waals surface area contributed by atoms with Crippen LogP contribution >= 0.6 is 0 Å². The van der Waals surface area contributed by atoms with Crippen LogP contribution in [-0.2, 0) is 20.8 Å². The Morgan fingerprint density at radius 2 is 1.74 bits per heavy atom. The van der Waals surface area contributed by atoms with Gasteiger partial charge in [0.15, 0.2) is 5.82 Å². The predicted molar refractivity (Wildman–Crippen MR) is 145 cm³/mol. The molecule has 7 rings (SSSR count). The normalized spacial score (nSPS) is 22.4.